The molecule has 1 aliphatic carbocycles. The van der Waals surface area contributed by atoms with Crippen molar-refractivity contribution in [1.82, 2.24) is 19.4 Å². The van der Waals surface area contributed by atoms with E-state index in [1.54, 1.807) is 18.1 Å². The number of carbonyl (C=O) groups excluding carboxylic acids is 1. The molecule has 2 aliphatic heterocycles. The number of amides is 1. The number of halogens is 1. The smallest absolute Gasteiger partial charge is 0.286 e. The summed E-state index contributed by atoms with van der Waals surface area (Å²) < 4.78 is 3.00. The average Bonchev–Trinajstić information content (AvgIpc) is 3.41. The molecule has 1 saturated carbocycles. The highest BCUT2D eigenvalue weighted by atomic mass is 79.9. The van der Waals surface area contributed by atoms with E-state index in [9.17, 15) is 4.79 Å². The molecule has 1 aromatic carbocycles. The van der Waals surface area contributed by atoms with Crippen LogP contribution in [-0.4, -0.2) is 32.8 Å². The Morgan fingerprint density at radius 1 is 1.33 bits per heavy atom. The Kier molecular flexibility index (Phi) is 5.13. The van der Waals surface area contributed by atoms with Crippen LogP contribution >= 0.6 is 27.9 Å². The summed E-state index contributed by atoms with van der Waals surface area (Å²) in [6.45, 7) is 2.62. The number of amidine groups is 1. The van der Waals surface area contributed by atoms with Gasteiger partial charge in [0.25, 0.3) is 16.3 Å². The molecule has 1 fully saturated rings. The lowest BCUT2D eigenvalue weighted by Gasteiger charge is -2.24. The molecule has 153 valence electrons. The normalized spacial score (nSPS) is 18.5. The van der Waals surface area contributed by atoms with Gasteiger partial charge in [0.05, 0.1) is 6.20 Å². The molecule has 0 unspecified atom stereocenters. The molecule has 1 amide bonds. The minimum atomic E-state index is 0.121. The monoisotopic (exact) mass is 485 g/mol. The number of fused-ring (bicyclic) bond motifs is 1. The maximum atomic E-state index is 11.9. The Morgan fingerprint density at radius 3 is 2.83 bits per heavy atom. The van der Waals surface area contributed by atoms with Crippen molar-refractivity contribution < 1.29 is 4.79 Å². The van der Waals surface area contributed by atoms with E-state index in [1.165, 1.54) is 0 Å². The standard InChI is InChI=1S/C20H20BrN7OS/c1-12-8-17(26-25-12)24-19-11-27(10-18-22-9-16(21)28(18)19)30-15-6-4-14(5-7-15)23-20(29)13-2-3-13/h4-9,11,13H,2-3,10H2,1H3,(H,23,29)(H2,24,25,26)/q+1. The molecule has 8 nitrogen and oxygen atoms in total. The predicted molar refractivity (Wildman–Crippen MR) is 122 cm³/mol. The summed E-state index contributed by atoms with van der Waals surface area (Å²) in [5, 5.41) is 13.5. The van der Waals surface area contributed by atoms with Crippen molar-refractivity contribution in [3.63, 3.8) is 0 Å². The molecule has 3 N–H and O–H groups in total. The molecule has 0 bridgehead atoms. The van der Waals surface area contributed by atoms with E-state index in [4.69, 9.17) is 0 Å². The van der Waals surface area contributed by atoms with Crippen molar-refractivity contribution in [3.8, 4) is 0 Å². The number of benzene rings is 1. The maximum Gasteiger partial charge on any atom is 0.286 e. The van der Waals surface area contributed by atoms with Crippen LogP contribution in [0.15, 0.2) is 63.0 Å². The molecule has 0 saturated heterocycles. The van der Waals surface area contributed by atoms with Crippen LogP contribution < -0.4 is 15.5 Å². The predicted octanol–water partition coefficient (Wildman–Crippen LogP) is 4.05. The lowest BCUT2D eigenvalue weighted by atomic mass is 10.3. The number of hydrogen-bond donors (Lipinski definition) is 3. The zero-order valence-electron chi connectivity index (χ0n) is 16.2. The fourth-order valence-corrected chi connectivity index (χ4v) is 4.56. The Hall–Kier alpha value is -2.56. The van der Waals surface area contributed by atoms with Gasteiger partial charge in [-0.2, -0.15) is 10.1 Å². The van der Waals surface area contributed by atoms with Gasteiger partial charge in [-0.05, 0) is 60.9 Å². The number of hydrogen-bond acceptors (Lipinski definition) is 7. The number of H-pyrrole nitrogens is 1. The molecule has 2 aromatic rings. The Balaban J connectivity index is 1.31. The molecule has 0 atom stereocenters. The van der Waals surface area contributed by atoms with Gasteiger partial charge in [-0.3, -0.25) is 19.5 Å². The van der Waals surface area contributed by atoms with Crippen LogP contribution in [0.1, 0.15) is 18.5 Å². The van der Waals surface area contributed by atoms with E-state index in [0.29, 0.717) is 6.54 Å². The highest BCUT2D eigenvalue weighted by molar-refractivity contribution is 9.11. The van der Waals surface area contributed by atoms with Crippen LogP contribution in [-0.2, 0) is 4.79 Å². The molecule has 1 aromatic heterocycles. The van der Waals surface area contributed by atoms with Gasteiger partial charge in [0.1, 0.15) is 12.7 Å². The number of aromatic nitrogens is 2. The topological polar surface area (TPSA) is 91.3 Å². The van der Waals surface area contributed by atoms with Crippen LogP contribution in [0.2, 0.25) is 0 Å². The second kappa shape index (κ2) is 7.93. The van der Waals surface area contributed by atoms with Gasteiger partial charge in [0, 0.05) is 44.2 Å². The fraction of sp³-hybridized carbons (Fsp3) is 0.250. The fourth-order valence-electron chi connectivity index (χ4n) is 3.20. The number of rotatable bonds is 6. The van der Waals surface area contributed by atoms with Gasteiger partial charge < -0.3 is 5.32 Å². The first kappa shape index (κ1) is 19.4. The van der Waals surface area contributed by atoms with E-state index >= 15 is 0 Å². The van der Waals surface area contributed by atoms with E-state index in [0.717, 1.165) is 51.2 Å². The maximum absolute atomic E-state index is 11.9. The van der Waals surface area contributed by atoms with E-state index < -0.39 is 0 Å². The summed E-state index contributed by atoms with van der Waals surface area (Å²) in [4.78, 5) is 19.5. The van der Waals surface area contributed by atoms with Crippen LogP contribution in [0.25, 0.3) is 0 Å². The third-order valence-corrected chi connectivity index (χ3v) is 6.36. The number of nitrogens with one attached hydrogen (secondary N) is 3. The second-order valence-corrected chi connectivity index (χ2v) is 9.30. The zero-order chi connectivity index (χ0) is 20.7. The largest absolute Gasteiger partial charge is 0.326 e. The van der Waals surface area contributed by atoms with Crippen LogP contribution in [0.4, 0.5) is 11.5 Å². The number of anilines is 2. The van der Waals surface area contributed by atoms with Gasteiger partial charge in [-0.25, -0.2) is 0 Å². The van der Waals surface area contributed by atoms with Gasteiger partial charge in [0.2, 0.25) is 5.91 Å². The minimum Gasteiger partial charge on any atom is -0.326 e. The van der Waals surface area contributed by atoms with Gasteiger partial charge in [0.15, 0.2) is 5.82 Å². The minimum absolute atomic E-state index is 0.121. The van der Waals surface area contributed by atoms with Crippen molar-refractivity contribution in [1.29, 1.82) is 0 Å². The Labute approximate surface area is 186 Å². The Bertz CT molecular complexity index is 1070. The second-order valence-electron chi connectivity index (χ2n) is 7.36. The molecule has 30 heavy (non-hydrogen) atoms. The SMILES string of the molecule is Cc1cc(NC2=CN(Sc3ccc(NC(=O)C4CC4)cc3)CC3=NC=C(Br)[N+]23)n[nH]1. The highest BCUT2D eigenvalue weighted by Gasteiger charge is 2.42. The summed E-state index contributed by atoms with van der Waals surface area (Å²) in [6.07, 6.45) is 5.84. The van der Waals surface area contributed by atoms with Crippen LogP contribution in [0.5, 0.6) is 0 Å². The molecular formula is C20H20BrN7OS+. The van der Waals surface area contributed by atoms with Gasteiger partial charge in [-0.15, -0.1) is 0 Å². The number of aromatic amines is 1. The third-order valence-electron chi connectivity index (χ3n) is 4.85. The lowest BCUT2D eigenvalue weighted by Crippen LogP contribution is -2.44. The van der Waals surface area contributed by atoms with E-state index in [2.05, 4.69) is 46.1 Å². The summed E-state index contributed by atoms with van der Waals surface area (Å²) in [6, 6.07) is 9.87. The first-order chi connectivity index (χ1) is 14.5. The first-order valence-electron chi connectivity index (χ1n) is 9.64. The van der Waals surface area contributed by atoms with Crippen molar-refractivity contribution >= 4 is 51.1 Å². The lowest BCUT2D eigenvalue weighted by molar-refractivity contribution is -0.117. The molecule has 0 spiro atoms. The molecule has 3 heterocycles. The summed E-state index contributed by atoms with van der Waals surface area (Å²) in [7, 11) is 0. The van der Waals surface area contributed by atoms with Crippen molar-refractivity contribution in [2.75, 3.05) is 17.2 Å². The third kappa shape index (κ3) is 4.16. The summed E-state index contributed by atoms with van der Waals surface area (Å²) in [5.74, 6) is 2.83. The number of aliphatic imine (C=N–C) groups is 1. The summed E-state index contributed by atoms with van der Waals surface area (Å²) >= 11 is 5.18. The highest BCUT2D eigenvalue weighted by Crippen LogP contribution is 2.33. The first-order valence-corrected chi connectivity index (χ1v) is 11.2. The van der Waals surface area contributed by atoms with Crippen molar-refractivity contribution in [2.24, 2.45) is 10.9 Å². The van der Waals surface area contributed by atoms with Crippen LogP contribution in [0.3, 0.4) is 0 Å². The van der Waals surface area contributed by atoms with Gasteiger partial charge >= 0.3 is 0 Å². The van der Waals surface area contributed by atoms with Crippen molar-refractivity contribution in [2.45, 2.75) is 24.7 Å². The summed E-state index contributed by atoms with van der Waals surface area (Å²) in [5.41, 5.74) is 1.82. The number of aryl methyl sites for hydroxylation is 1. The quantitative estimate of drug-likeness (QED) is 0.326. The van der Waals surface area contributed by atoms with E-state index in [1.807, 2.05) is 48.4 Å². The molecule has 10 heteroatoms. The number of nitrogens with zero attached hydrogens (tertiary/aromatic N) is 4. The Morgan fingerprint density at radius 2 is 2.13 bits per heavy atom. The average molecular weight is 486 g/mol. The molecule has 1 radical (unpaired) electrons. The number of carbonyl (C=O) groups is 1. The molecule has 3 aliphatic rings. The van der Waals surface area contributed by atoms with Crippen molar-refractivity contribution in [3.05, 3.63) is 58.9 Å². The molecule has 5 rings (SSSR count). The van der Waals surface area contributed by atoms with Gasteiger partial charge in [-0.1, -0.05) is 0 Å². The zero-order valence-corrected chi connectivity index (χ0v) is 18.6. The molecular weight excluding hydrogens is 466 g/mol. The van der Waals surface area contributed by atoms with E-state index in [-0.39, 0.29) is 11.8 Å². The van der Waals surface area contributed by atoms with Crippen LogP contribution in [0, 0.1) is 12.8 Å².